The van der Waals surface area contributed by atoms with E-state index in [2.05, 4.69) is 13.6 Å². The van der Waals surface area contributed by atoms with E-state index in [4.69, 9.17) is 0 Å². The first-order valence-corrected chi connectivity index (χ1v) is 7.31. The molecule has 18 heavy (non-hydrogen) atoms. The molecule has 1 heterocycles. The number of piperidine rings is 1. The summed E-state index contributed by atoms with van der Waals surface area (Å²) in [6, 6.07) is 0. The fourth-order valence-corrected chi connectivity index (χ4v) is 3.49. The molecule has 0 aromatic rings. The van der Waals surface area contributed by atoms with Gasteiger partial charge in [0, 0.05) is 19.5 Å². The van der Waals surface area contributed by atoms with E-state index in [9.17, 15) is 21.6 Å². The first-order valence-electron chi connectivity index (χ1n) is 5.38. The predicted molar refractivity (Wildman–Crippen MR) is 61.6 cm³/mol. The lowest BCUT2D eigenvalue weighted by molar-refractivity contribution is -0.0526. The molecule has 3 unspecified atom stereocenters. The largest absolute Gasteiger partial charge is 0.534 e. The van der Waals surface area contributed by atoms with E-state index in [0.29, 0.717) is 13.1 Å². The molecule has 0 amide bonds. The Balaban J connectivity index is 2.12. The van der Waals surface area contributed by atoms with E-state index in [1.54, 1.807) is 0 Å². The van der Waals surface area contributed by atoms with Crippen LogP contribution in [0.2, 0.25) is 0 Å². The van der Waals surface area contributed by atoms with Crippen molar-refractivity contribution in [2.24, 2.45) is 11.8 Å². The topological polar surface area (TPSA) is 46.6 Å². The Morgan fingerprint density at radius 2 is 2.06 bits per heavy atom. The molecule has 0 N–H and O–H groups in total. The molecular formula is C9H13F3NO3PS. The van der Waals surface area contributed by atoms with E-state index in [1.165, 1.54) is 6.08 Å². The second kappa shape index (κ2) is 4.65. The van der Waals surface area contributed by atoms with Crippen molar-refractivity contribution in [3.8, 4) is 0 Å². The van der Waals surface area contributed by atoms with Gasteiger partial charge in [0.05, 0.1) is 0 Å². The van der Waals surface area contributed by atoms with E-state index in [-0.39, 0.29) is 24.0 Å². The molecule has 4 nitrogen and oxygen atoms in total. The van der Waals surface area contributed by atoms with Crippen LogP contribution in [0.1, 0.15) is 12.8 Å². The van der Waals surface area contributed by atoms with E-state index in [1.807, 2.05) is 4.67 Å². The summed E-state index contributed by atoms with van der Waals surface area (Å²) < 4.78 is 64.6. The summed E-state index contributed by atoms with van der Waals surface area (Å²) >= 11 is 0. The fraction of sp³-hybridized carbons (Fsp3) is 0.778. The Morgan fingerprint density at radius 1 is 1.39 bits per heavy atom. The molecule has 0 saturated carbocycles. The fourth-order valence-electron chi connectivity index (χ4n) is 2.42. The van der Waals surface area contributed by atoms with E-state index >= 15 is 0 Å². The van der Waals surface area contributed by atoms with Gasteiger partial charge < -0.3 is 4.18 Å². The number of allylic oxidation sites excluding steroid dienone is 1. The number of alkyl halides is 3. The van der Waals surface area contributed by atoms with Gasteiger partial charge in [0.2, 0.25) is 0 Å². The molecule has 104 valence electrons. The van der Waals surface area contributed by atoms with Crippen LogP contribution in [0.5, 0.6) is 0 Å². The molecule has 1 aliphatic carbocycles. The Morgan fingerprint density at radius 3 is 2.61 bits per heavy atom. The monoisotopic (exact) mass is 303 g/mol. The average molecular weight is 303 g/mol. The van der Waals surface area contributed by atoms with Crippen LogP contribution < -0.4 is 0 Å². The Kier molecular flexibility index (Phi) is 3.64. The minimum Gasteiger partial charge on any atom is -0.381 e. The van der Waals surface area contributed by atoms with Gasteiger partial charge in [-0.05, 0) is 24.3 Å². The van der Waals surface area contributed by atoms with Gasteiger partial charge in [-0.2, -0.15) is 21.6 Å². The Labute approximate surface area is 106 Å². The number of rotatable bonds is 2. The van der Waals surface area contributed by atoms with Crippen molar-refractivity contribution in [3.63, 3.8) is 0 Å². The zero-order chi connectivity index (χ0) is 13.6. The number of fused-ring (bicyclic) bond motifs is 2. The molecule has 3 atom stereocenters. The van der Waals surface area contributed by atoms with Crippen LogP contribution in [0.3, 0.4) is 0 Å². The maximum Gasteiger partial charge on any atom is 0.534 e. The molecular weight excluding hydrogens is 290 g/mol. The van der Waals surface area contributed by atoms with Gasteiger partial charge >= 0.3 is 15.6 Å². The van der Waals surface area contributed by atoms with Crippen molar-refractivity contribution in [2.45, 2.75) is 18.3 Å². The number of hydrogen-bond acceptors (Lipinski definition) is 4. The summed E-state index contributed by atoms with van der Waals surface area (Å²) in [6.45, 7) is 1.40. The predicted octanol–water partition coefficient (Wildman–Crippen LogP) is 1.87. The lowest BCUT2D eigenvalue weighted by Gasteiger charge is -2.37. The lowest BCUT2D eigenvalue weighted by Crippen LogP contribution is -2.37. The summed E-state index contributed by atoms with van der Waals surface area (Å²) in [4.78, 5) is 0. The van der Waals surface area contributed by atoms with Crippen molar-refractivity contribution in [1.82, 2.24) is 4.67 Å². The Hall–Kier alpha value is -0.330. The zero-order valence-electron chi connectivity index (χ0n) is 9.35. The van der Waals surface area contributed by atoms with Gasteiger partial charge in [0.25, 0.3) is 0 Å². The van der Waals surface area contributed by atoms with Crippen LogP contribution in [0.4, 0.5) is 13.2 Å². The summed E-state index contributed by atoms with van der Waals surface area (Å²) in [6.07, 6.45) is 2.59. The molecule has 1 saturated heterocycles. The van der Waals surface area contributed by atoms with Crippen molar-refractivity contribution in [3.05, 3.63) is 11.8 Å². The van der Waals surface area contributed by atoms with Crippen molar-refractivity contribution in [2.75, 3.05) is 13.1 Å². The van der Waals surface area contributed by atoms with E-state index in [0.717, 1.165) is 6.42 Å². The minimum absolute atomic E-state index is 0.0495. The summed E-state index contributed by atoms with van der Waals surface area (Å²) in [5, 5.41) is 0. The van der Waals surface area contributed by atoms with E-state index < -0.39 is 15.6 Å². The maximum atomic E-state index is 12.2. The number of hydrogen-bond donors (Lipinski definition) is 0. The molecule has 1 aliphatic heterocycles. The molecule has 0 radical (unpaired) electrons. The molecule has 1 fully saturated rings. The second-order valence-corrected chi connectivity index (χ2v) is 6.90. The normalized spacial score (nSPS) is 29.9. The van der Waals surface area contributed by atoms with Gasteiger partial charge in [0.15, 0.2) is 0 Å². The van der Waals surface area contributed by atoms with Crippen LogP contribution in [-0.2, 0) is 14.3 Å². The third-order valence-corrected chi connectivity index (χ3v) is 4.43. The second-order valence-electron chi connectivity index (χ2n) is 4.64. The van der Waals surface area contributed by atoms with Crippen LogP contribution in [0.25, 0.3) is 0 Å². The smallest absolute Gasteiger partial charge is 0.381 e. The van der Waals surface area contributed by atoms with Gasteiger partial charge in [-0.15, -0.1) is 0 Å². The molecule has 2 rings (SSSR count). The number of halogens is 3. The lowest BCUT2D eigenvalue weighted by atomic mass is 9.83. The average Bonchev–Trinajstić information content (AvgIpc) is 2.12. The van der Waals surface area contributed by atoms with Crippen LogP contribution in [0, 0.1) is 11.8 Å². The molecule has 2 aliphatic rings. The summed E-state index contributed by atoms with van der Waals surface area (Å²) in [5.74, 6) is 0.116. The Bertz CT molecular complexity index is 462. The minimum atomic E-state index is -5.53. The van der Waals surface area contributed by atoms with Crippen molar-refractivity contribution in [1.29, 1.82) is 0 Å². The third kappa shape index (κ3) is 2.97. The zero-order valence-corrected chi connectivity index (χ0v) is 11.3. The highest BCUT2D eigenvalue weighted by Gasteiger charge is 2.49. The first kappa shape index (κ1) is 14.1. The summed E-state index contributed by atoms with van der Waals surface area (Å²) in [7, 11) is -2.98. The maximum absolute atomic E-state index is 12.2. The quantitative estimate of drug-likeness (QED) is 0.444. The van der Waals surface area contributed by atoms with Crippen LogP contribution >= 0.6 is 9.39 Å². The standard InChI is InChI=1S/C9H13F3NO3PS/c10-9(11,12)18(14,15)16-8-2-6-1-7(3-8)5-13(17)4-6/h2,6-7H,1,3-5,17H2. The molecule has 9 heteroatoms. The molecule has 0 aromatic carbocycles. The first-order chi connectivity index (χ1) is 8.17. The van der Waals surface area contributed by atoms with Gasteiger partial charge in [-0.25, -0.2) is 0 Å². The SMILES string of the molecule is O=S(=O)(OC1=CC2CC(C1)CN(P)C2)C(F)(F)F. The highest BCUT2D eigenvalue weighted by Crippen LogP contribution is 2.37. The van der Waals surface area contributed by atoms with Crippen molar-refractivity contribution < 1.29 is 25.8 Å². The van der Waals surface area contributed by atoms with Crippen LogP contribution in [0.15, 0.2) is 11.8 Å². The van der Waals surface area contributed by atoms with Gasteiger partial charge in [-0.3, -0.25) is 4.67 Å². The van der Waals surface area contributed by atoms with Gasteiger partial charge in [0.1, 0.15) is 5.76 Å². The molecule has 0 spiro atoms. The molecule has 2 bridgehead atoms. The van der Waals surface area contributed by atoms with Crippen LogP contribution in [-0.4, -0.2) is 31.7 Å². The highest BCUT2D eigenvalue weighted by atomic mass is 32.2. The highest BCUT2D eigenvalue weighted by molar-refractivity contribution is 7.87. The number of nitrogens with zero attached hydrogens (tertiary/aromatic N) is 1. The third-order valence-electron chi connectivity index (χ3n) is 3.01. The van der Waals surface area contributed by atoms with Gasteiger partial charge in [-0.1, -0.05) is 9.39 Å². The molecule has 0 aromatic heterocycles. The summed E-state index contributed by atoms with van der Waals surface area (Å²) in [5.41, 5.74) is -5.37. The van der Waals surface area contributed by atoms with Crippen molar-refractivity contribution >= 4 is 19.5 Å².